The summed E-state index contributed by atoms with van der Waals surface area (Å²) in [6.45, 7) is 0. The molecule has 0 amide bonds. The Morgan fingerprint density at radius 1 is 0.528 bits per heavy atom. The highest BCUT2D eigenvalue weighted by Crippen LogP contribution is 2.38. The zero-order chi connectivity index (χ0) is 25.7. The number of hydrogen-bond acceptors (Lipinski definition) is 7. The highest BCUT2D eigenvalue weighted by Gasteiger charge is 2.15. The first-order chi connectivity index (χ1) is 17.5. The van der Waals surface area contributed by atoms with E-state index in [9.17, 15) is 0 Å². The molecule has 4 rings (SSSR count). The monoisotopic (exact) mass is 487 g/mol. The molecule has 0 spiro atoms. The molecule has 0 fully saturated rings. The molecule has 0 saturated heterocycles. The number of benzene rings is 3. The normalized spacial score (nSPS) is 10.9. The summed E-state index contributed by atoms with van der Waals surface area (Å²) in [7, 11) is 9.77. The van der Waals surface area contributed by atoms with Crippen molar-refractivity contribution in [1.82, 2.24) is 4.98 Å². The van der Waals surface area contributed by atoms with Crippen LogP contribution in [0.3, 0.4) is 0 Å². The Hall–Kier alpha value is -4.39. The van der Waals surface area contributed by atoms with Gasteiger partial charge in [-0.05, 0) is 54.1 Å². The molecule has 7 heteroatoms. The molecule has 0 aliphatic carbocycles. The number of ether oxygens (including phenoxy) is 6. The number of rotatable bonds is 9. The summed E-state index contributed by atoms with van der Waals surface area (Å²) in [6.07, 6.45) is 4.00. The molecule has 1 heterocycles. The number of nitrogens with zero attached hydrogens (tertiary/aromatic N) is 1. The van der Waals surface area contributed by atoms with Crippen LogP contribution in [0.25, 0.3) is 34.3 Å². The summed E-state index contributed by atoms with van der Waals surface area (Å²) in [4.78, 5) is 4.94. The minimum Gasteiger partial charge on any atom is -0.497 e. The molecule has 0 aliphatic rings. The lowest BCUT2D eigenvalue weighted by Crippen LogP contribution is -1.96. The second-order valence-electron chi connectivity index (χ2n) is 7.83. The maximum atomic E-state index is 5.63. The molecular weight excluding hydrogens is 458 g/mol. The molecule has 0 aliphatic heterocycles. The van der Waals surface area contributed by atoms with Crippen LogP contribution in [-0.4, -0.2) is 47.6 Å². The van der Waals surface area contributed by atoms with Gasteiger partial charge < -0.3 is 28.4 Å². The average molecular weight is 488 g/mol. The van der Waals surface area contributed by atoms with Crippen molar-refractivity contribution in [2.45, 2.75) is 0 Å². The first-order valence-electron chi connectivity index (χ1n) is 11.2. The van der Waals surface area contributed by atoms with Gasteiger partial charge in [0.05, 0.1) is 53.9 Å². The van der Waals surface area contributed by atoms with Gasteiger partial charge in [0.2, 0.25) is 0 Å². The molecule has 1 aromatic heterocycles. The highest BCUT2D eigenvalue weighted by molar-refractivity contribution is 5.95. The van der Waals surface area contributed by atoms with Crippen LogP contribution in [0.5, 0.6) is 34.5 Å². The predicted octanol–water partition coefficient (Wildman–Crippen LogP) is 6.12. The van der Waals surface area contributed by atoms with Crippen LogP contribution in [0, 0.1) is 0 Å². The van der Waals surface area contributed by atoms with E-state index in [0.717, 1.165) is 44.8 Å². The fraction of sp³-hybridized carbons (Fsp3) is 0.207. The summed E-state index contributed by atoms with van der Waals surface area (Å²) in [5.41, 5.74) is 4.07. The third-order valence-electron chi connectivity index (χ3n) is 5.91. The first-order valence-corrected chi connectivity index (χ1v) is 11.2. The van der Waals surface area contributed by atoms with Gasteiger partial charge in [-0.2, -0.15) is 0 Å². The zero-order valence-electron chi connectivity index (χ0n) is 21.2. The van der Waals surface area contributed by atoms with E-state index in [-0.39, 0.29) is 0 Å². The van der Waals surface area contributed by atoms with Gasteiger partial charge >= 0.3 is 0 Å². The van der Waals surface area contributed by atoms with Crippen molar-refractivity contribution in [1.29, 1.82) is 0 Å². The minimum atomic E-state index is 0.594. The molecular formula is C29H29NO6. The first kappa shape index (κ1) is 24.7. The van der Waals surface area contributed by atoms with E-state index >= 15 is 0 Å². The van der Waals surface area contributed by atoms with Crippen molar-refractivity contribution in [2.75, 3.05) is 42.7 Å². The number of fused-ring (bicyclic) bond motifs is 1. The Morgan fingerprint density at radius 3 is 1.75 bits per heavy atom. The van der Waals surface area contributed by atoms with Crippen LogP contribution < -0.4 is 28.4 Å². The van der Waals surface area contributed by atoms with Crippen molar-refractivity contribution >= 4 is 23.1 Å². The van der Waals surface area contributed by atoms with Gasteiger partial charge in [0.25, 0.3) is 0 Å². The van der Waals surface area contributed by atoms with Gasteiger partial charge in [-0.25, -0.2) is 4.98 Å². The van der Waals surface area contributed by atoms with Crippen LogP contribution in [0.4, 0.5) is 0 Å². The minimum absolute atomic E-state index is 0.594. The lowest BCUT2D eigenvalue weighted by Gasteiger charge is -2.14. The molecule has 0 unspecified atom stereocenters. The molecule has 4 aromatic rings. The third kappa shape index (κ3) is 4.86. The van der Waals surface area contributed by atoms with Gasteiger partial charge in [-0.1, -0.05) is 12.2 Å². The molecule has 3 aromatic carbocycles. The van der Waals surface area contributed by atoms with E-state index in [1.165, 1.54) is 0 Å². The van der Waals surface area contributed by atoms with Crippen LogP contribution in [-0.2, 0) is 0 Å². The maximum Gasteiger partial charge on any atom is 0.162 e. The van der Waals surface area contributed by atoms with Gasteiger partial charge in [-0.15, -0.1) is 0 Å². The Morgan fingerprint density at radius 2 is 1.11 bits per heavy atom. The number of methoxy groups -OCH3 is 6. The van der Waals surface area contributed by atoms with E-state index < -0.39 is 0 Å². The van der Waals surface area contributed by atoms with Crippen molar-refractivity contribution in [2.24, 2.45) is 0 Å². The molecule has 36 heavy (non-hydrogen) atoms. The van der Waals surface area contributed by atoms with Crippen molar-refractivity contribution in [3.63, 3.8) is 0 Å². The second-order valence-corrected chi connectivity index (χ2v) is 7.83. The van der Waals surface area contributed by atoms with Crippen LogP contribution in [0.1, 0.15) is 11.1 Å². The van der Waals surface area contributed by atoms with E-state index in [1.54, 1.807) is 42.7 Å². The fourth-order valence-electron chi connectivity index (χ4n) is 4.02. The zero-order valence-corrected chi connectivity index (χ0v) is 21.2. The van der Waals surface area contributed by atoms with E-state index in [2.05, 4.69) is 0 Å². The molecule has 0 N–H and O–H groups in total. The summed E-state index contributed by atoms with van der Waals surface area (Å²) < 4.78 is 33.1. The maximum absolute atomic E-state index is 5.63. The molecule has 0 saturated carbocycles. The van der Waals surface area contributed by atoms with Crippen LogP contribution in [0.15, 0.2) is 54.6 Å². The molecule has 0 bridgehead atoms. The Balaban J connectivity index is 1.96. The smallest absolute Gasteiger partial charge is 0.162 e. The summed E-state index contributed by atoms with van der Waals surface area (Å²) >= 11 is 0. The standard InChI is InChI=1S/C29H29NO6/c1-31-20-9-11-26(33-3)19(13-20)8-7-18-14-24(23-15-21(32-2)10-12-27(23)34-4)30-25-17-29(36-6)28(35-5)16-22(18)25/h7-17H,1-6H3. The largest absolute Gasteiger partial charge is 0.497 e. The molecule has 0 radical (unpaired) electrons. The molecule has 0 atom stereocenters. The Kier molecular flexibility index (Phi) is 7.49. The summed E-state index contributed by atoms with van der Waals surface area (Å²) in [6, 6.07) is 17.1. The lowest BCUT2D eigenvalue weighted by atomic mass is 10.0. The quantitative estimate of drug-likeness (QED) is 0.282. The average Bonchev–Trinajstić information content (AvgIpc) is 2.94. The van der Waals surface area contributed by atoms with Gasteiger partial charge in [0.15, 0.2) is 11.5 Å². The fourth-order valence-corrected chi connectivity index (χ4v) is 4.02. The highest BCUT2D eigenvalue weighted by atomic mass is 16.5. The second kappa shape index (κ2) is 10.9. The summed E-state index contributed by atoms with van der Waals surface area (Å²) in [5.74, 6) is 4.08. The Labute approximate surface area is 210 Å². The SMILES string of the molecule is COc1ccc(OC)c(C=Cc2cc(-c3cc(OC)ccc3OC)nc3cc(OC)c(OC)cc23)c1. The van der Waals surface area contributed by atoms with Crippen LogP contribution >= 0.6 is 0 Å². The van der Waals surface area contributed by atoms with Gasteiger partial charge in [-0.3, -0.25) is 0 Å². The van der Waals surface area contributed by atoms with Crippen molar-refractivity contribution in [3.8, 4) is 45.8 Å². The summed E-state index contributed by atoms with van der Waals surface area (Å²) in [5, 5.41) is 0.899. The topological polar surface area (TPSA) is 68.3 Å². The number of aromatic nitrogens is 1. The molecule has 7 nitrogen and oxygen atoms in total. The van der Waals surface area contributed by atoms with E-state index in [0.29, 0.717) is 23.0 Å². The van der Waals surface area contributed by atoms with Gasteiger partial charge in [0.1, 0.15) is 23.0 Å². The van der Waals surface area contributed by atoms with Gasteiger partial charge in [0, 0.05) is 22.6 Å². The predicted molar refractivity (Wildman–Crippen MR) is 142 cm³/mol. The van der Waals surface area contributed by atoms with Crippen molar-refractivity contribution < 1.29 is 28.4 Å². The lowest BCUT2D eigenvalue weighted by molar-refractivity contribution is 0.356. The van der Waals surface area contributed by atoms with E-state index in [4.69, 9.17) is 33.4 Å². The van der Waals surface area contributed by atoms with E-state index in [1.807, 2.05) is 66.7 Å². The molecule has 186 valence electrons. The van der Waals surface area contributed by atoms with Crippen LogP contribution in [0.2, 0.25) is 0 Å². The number of hydrogen-bond donors (Lipinski definition) is 0. The Bertz CT molecular complexity index is 1410. The third-order valence-corrected chi connectivity index (χ3v) is 5.91. The van der Waals surface area contributed by atoms with Crippen molar-refractivity contribution in [3.05, 3.63) is 65.7 Å². The number of pyridine rings is 1.